The minimum absolute atomic E-state index is 0.231. The van der Waals surface area contributed by atoms with E-state index >= 15 is 0 Å². The van der Waals surface area contributed by atoms with Crippen molar-refractivity contribution < 1.29 is 17.9 Å². The first kappa shape index (κ1) is 15.2. The van der Waals surface area contributed by atoms with Gasteiger partial charge in [-0.25, -0.2) is 0 Å². The lowest BCUT2D eigenvalue weighted by molar-refractivity contribution is -0.137. The fourth-order valence-electron chi connectivity index (χ4n) is 1.80. The van der Waals surface area contributed by atoms with Gasteiger partial charge in [0.2, 0.25) is 0 Å². The maximum atomic E-state index is 12.8. The molecular weight excluding hydrogens is 357 g/mol. The van der Waals surface area contributed by atoms with Gasteiger partial charge in [0.05, 0.1) is 12.7 Å². The molecule has 2 rings (SSSR count). The van der Waals surface area contributed by atoms with Gasteiger partial charge in [0.1, 0.15) is 5.75 Å². The van der Waals surface area contributed by atoms with Crippen LogP contribution in [0, 0.1) is 0 Å². The van der Waals surface area contributed by atoms with Crippen LogP contribution in [0.15, 0.2) is 40.9 Å². The normalized spacial score (nSPS) is 11.5. The highest BCUT2D eigenvalue weighted by Gasteiger charge is 2.31. The summed E-state index contributed by atoms with van der Waals surface area (Å²) in [6, 6.07) is 8.28. The van der Waals surface area contributed by atoms with Gasteiger partial charge < -0.3 is 4.74 Å². The Labute approximate surface area is 127 Å². The van der Waals surface area contributed by atoms with Crippen LogP contribution in [0.2, 0.25) is 5.02 Å². The van der Waals surface area contributed by atoms with Gasteiger partial charge in [0, 0.05) is 20.6 Å². The maximum Gasteiger partial charge on any atom is 0.416 e. The summed E-state index contributed by atoms with van der Waals surface area (Å²) in [4.78, 5) is 0. The lowest BCUT2D eigenvalue weighted by atomic mass is 10.0. The van der Waals surface area contributed by atoms with E-state index in [1.54, 1.807) is 18.2 Å². The smallest absolute Gasteiger partial charge is 0.416 e. The molecule has 0 aliphatic rings. The molecule has 0 heterocycles. The standard InChI is InChI=1S/C14H9BrClF3O/c1-20-13-5-3-9(15)7-11(13)10-6-8(14(17,18)19)2-4-12(10)16/h2-7H,1H3. The Kier molecular flexibility index (Phi) is 4.30. The maximum absolute atomic E-state index is 12.8. The van der Waals surface area contributed by atoms with Gasteiger partial charge in [0.15, 0.2) is 0 Å². The first-order valence-electron chi connectivity index (χ1n) is 5.53. The van der Waals surface area contributed by atoms with Gasteiger partial charge in [0.25, 0.3) is 0 Å². The van der Waals surface area contributed by atoms with Gasteiger partial charge >= 0.3 is 6.18 Å². The number of hydrogen-bond donors (Lipinski definition) is 0. The van der Waals surface area contributed by atoms with Crippen LogP contribution in [0.25, 0.3) is 11.1 Å². The zero-order chi connectivity index (χ0) is 14.9. The van der Waals surface area contributed by atoms with E-state index in [0.29, 0.717) is 11.3 Å². The third-order valence-corrected chi connectivity index (χ3v) is 3.57. The van der Waals surface area contributed by atoms with Crippen molar-refractivity contribution in [1.29, 1.82) is 0 Å². The zero-order valence-corrected chi connectivity index (χ0v) is 12.6. The number of halogens is 5. The van der Waals surface area contributed by atoms with Crippen LogP contribution in [0.4, 0.5) is 13.2 Å². The predicted octanol–water partition coefficient (Wildman–Crippen LogP) is 5.80. The molecule has 0 radical (unpaired) electrons. The van der Waals surface area contributed by atoms with E-state index in [9.17, 15) is 13.2 Å². The molecule has 0 saturated heterocycles. The van der Waals surface area contributed by atoms with E-state index in [2.05, 4.69) is 15.9 Å². The average Bonchev–Trinajstić information content (AvgIpc) is 2.38. The van der Waals surface area contributed by atoms with Crippen LogP contribution < -0.4 is 4.74 Å². The van der Waals surface area contributed by atoms with E-state index in [1.807, 2.05) is 0 Å². The lowest BCUT2D eigenvalue weighted by Gasteiger charge is -2.13. The van der Waals surface area contributed by atoms with Gasteiger partial charge in [-0.15, -0.1) is 0 Å². The fraction of sp³-hybridized carbons (Fsp3) is 0.143. The second-order valence-electron chi connectivity index (χ2n) is 4.04. The van der Waals surface area contributed by atoms with Gasteiger partial charge in [-0.3, -0.25) is 0 Å². The molecular formula is C14H9BrClF3O. The van der Waals surface area contributed by atoms with Crippen LogP contribution >= 0.6 is 27.5 Å². The van der Waals surface area contributed by atoms with Crippen molar-refractivity contribution >= 4 is 27.5 Å². The molecule has 0 N–H and O–H groups in total. The summed E-state index contributed by atoms with van der Waals surface area (Å²) in [6.07, 6.45) is -4.42. The molecule has 0 aliphatic heterocycles. The van der Waals surface area contributed by atoms with Crippen molar-refractivity contribution in [1.82, 2.24) is 0 Å². The quantitative estimate of drug-likeness (QED) is 0.654. The summed E-state index contributed by atoms with van der Waals surface area (Å²) < 4.78 is 44.3. The molecule has 2 aromatic rings. The summed E-state index contributed by atoms with van der Waals surface area (Å²) in [7, 11) is 1.45. The van der Waals surface area contributed by atoms with Crippen LogP contribution in [0.3, 0.4) is 0 Å². The zero-order valence-electron chi connectivity index (χ0n) is 10.3. The number of benzene rings is 2. The minimum atomic E-state index is -4.42. The molecule has 0 aliphatic carbocycles. The van der Waals surface area contributed by atoms with Crippen LogP contribution in [0.5, 0.6) is 5.75 Å². The molecule has 0 unspecified atom stereocenters. The highest BCUT2D eigenvalue weighted by atomic mass is 79.9. The number of hydrogen-bond acceptors (Lipinski definition) is 1. The van der Waals surface area contributed by atoms with E-state index in [0.717, 1.165) is 16.6 Å². The predicted molar refractivity (Wildman–Crippen MR) is 76.1 cm³/mol. The molecule has 0 spiro atoms. The highest BCUT2D eigenvalue weighted by Crippen LogP contribution is 2.40. The van der Waals surface area contributed by atoms with E-state index < -0.39 is 11.7 Å². The Bertz CT molecular complexity index is 641. The molecule has 0 bridgehead atoms. The van der Waals surface area contributed by atoms with Crippen molar-refractivity contribution in [3.8, 4) is 16.9 Å². The molecule has 0 atom stereocenters. The van der Waals surface area contributed by atoms with Gasteiger partial charge in [-0.1, -0.05) is 27.5 Å². The molecule has 0 amide bonds. The summed E-state index contributed by atoms with van der Waals surface area (Å²) in [5.41, 5.74) is 0.0246. The molecule has 0 aromatic heterocycles. The molecule has 20 heavy (non-hydrogen) atoms. The topological polar surface area (TPSA) is 9.23 Å². The second-order valence-corrected chi connectivity index (χ2v) is 5.36. The fourth-order valence-corrected chi connectivity index (χ4v) is 2.38. The number of ether oxygens (including phenoxy) is 1. The SMILES string of the molecule is COc1ccc(Br)cc1-c1cc(C(F)(F)F)ccc1Cl. The third-order valence-electron chi connectivity index (χ3n) is 2.75. The Morgan fingerprint density at radius 1 is 1.05 bits per heavy atom. The molecule has 0 fully saturated rings. The Morgan fingerprint density at radius 2 is 1.75 bits per heavy atom. The van der Waals surface area contributed by atoms with E-state index in [4.69, 9.17) is 16.3 Å². The molecule has 1 nitrogen and oxygen atoms in total. The van der Waals surface area contributed by atoms with Crippen molar-refractivity contribution in [3.63, 3.8) is 0 Å². The molecule has 0 saturated carbocycles. The van der Waals surface area contributed by atoms with Crippen molar-refractivity contribution in [2.45, 2.75) is 6.18 Å². The highest BCUT2D eigenvalue weighted by molar-refractivity contribution is 9.10. The number of rotatable bonds is 2. The van der Waals surface area contributed by atoms with Crippen LogP contribution in [-0.4, -0.2) is 7.11 Å². The monoisotopic (exact) mass is 364 g/mol. The number of alkyl halides is 3. The summed E-state index contributed by atoms with van der Waals surface area (Å²) in [5, 5.41) is 0.231. The van der Waals surface area contributed by atoms with Crippen molar-refractivity contribution in [2.24, 2.45) is 0 Å². The van der Waals surface area contributed by atoms with Gasteiger partial charge in [-0.05, 0) is 36.4 Å². The average molecular weight is 366 g/mol. The van der Waals surface area contributed by atoms with E-state index in [1.165, 1.54) is 13.2 Å². The number of methoxy groups -OCH3 is 1. The third kappa shape index (κ3) is 3.10. The first-order valence-corrected chi connectivity index (χ1v) is 6.70. The molecule has 106 valence electrons. The van der Waals surface area contributed by atoms with Crippen LogP contribution in [0.1, 0.15) is 5.56 Å². The summed E-state index contributed by atoms with van der Waals surface area (Å²) in [5.74, 6) is 0.453. The summed E-state index contributed by atoms with van der Waals surface area (Å²) in [6.45, 7) is 0. The van der Waals surface area contributed by atoms with Gasteiger partial charge in [-0.2, -0.15) is 13.2 Å². The molecule has 6 heteroatoms. The van der Waals surface area contributed by atoms with Crippen molar-refractivity contribution in [3.05, 3.63) is 51.5 Å². The minimum Gasteiger partial charge on any atom is -0.496 e. The second kappa shape index (κ2) is 5.66. The first-order chi connectivity index (χ1) is 9.32. The largest absolute Gasteiger partial charge is 0.496 e. The van der Waals surface area contributed by atoms with E-state index in [-0.39, 0.29) is 10.6 Å². The van der Waals surface area contributed by atoms with Crippen molar-refractivity contribution in [2.75, 3.05) is 7.11 Å². The Morgan fingerprint density at radius 3 is 2.35 bits per heavy atom. The molecule has 2 aromatic carbocycles. The van der Waals surface area contributed by atoms with Crippen LogP contribution in [-0.2, 0) is 6.18 Å². The lowest BCUT2D eigenvalue weighted by Crippen LogP contribution is -2.05. The Hall–Kier alpha value is -1.20. The summed E-state index contributed by atoms with van der Waals surface area (Å²) >= 11 is 9.31. The Balaban J connectivity index is 2.66.